The zero-order valence-electron chi connectivity index (χ0n) is 21.4. The smallest absolute Gasteiger partial charge is 0.407 e. The van der Waals surface area contributed by atoms with Gasteiger partial charge in [0.1, 0.15) is 11.4 Å². The van der Waals surface area contributed by atoms with E-state index in [1.54, 1.807) is 57.2 Å². The van der Waals surface area contributed by atoms with Gasteiger partial charge in [0.15, 0.2) is 6.61 Å². The van der Waals surface area contributed by atoms with E-state index in [9.17, 15) is 14.4 Å². The molecule has 1 unspecified atom stereocenters. The highest BCUT2D eigenvalue weighted by atomic mass is 16.6. The number of carbonyl (C=O) groups is 3. The van der Waals surface area contributed by atoms with Gasteiger partial charge in [-0.2, -0.15) is 0 Å². The van der Waals surface area contributed by atoms with Crippen molar-refractivity contribution < 1.29 is 28.6 Å². The Bertz CT molecular complexity index is 929. The van der Waals surface area contributed by atoms with Crippen molar-refractivity contribution in [3.8, 4) is 5.75 Å². The second-order valence-electron chi connectivity index (χ2n) is 8.64. The van der Waals surface area contributed by atoms with Crippen LogP contribution in [0.25, 0.3) is 0 Å². The lowest BCUT2D eigenvalue weighted by Gasteiger charge is -2.22. The van der Waals surface area contributed by atoms with Crippen LogP contribution in [-0.4, -0.2) is 50.0 Å². The number of benzene rings is 1. The van der Waals surface area contributed by atoms with Gasteiger partial charge in [0.25, 0.3) is 0 Å². The van der Waals surface area contributed by atoms with E-state index in [4.69, 9.17) is 14.9 Å². The topological polar surface area (TPSA) is 127 Å². The third-order valence-corrected chi connectivity index (χ3v) is 4.79. The van der Waals surface area contributed by atoms with Gasteiger partial charge in [0.05, 0.1) is 13.0 Å². The van der Waals surface area contributed by atoms with Crippen molar-refractivity contribution in [2.24, 2.45) is 0 Å². The Morgan fingerprint density at radius 3 is 2.23 bits per heavy atom. The highest BCUT2D eigenvalue weighted by molar-refractivity contribution is 5.86. The SMILES string of the molecule is CC/C(C=N)=C\C=C(/CC)NC(=O)C(CNC(=O)OC(C)(C)C)c1ccc(OCC(=O)OC)cc1. The van der Waals surface area contributed by atoms with Crippen molar-refractivity contribution in [2.75, 3.05) is 20.3 Å². The van der Waals surface area contributed by atoms with Crippen LogP contribution in [0.5, 0.6) is 5.75 Å². The Morgan fingerprint density at radius 2 is 1.71 bits per heavy atom. The van der Waals surface area contributed by atoms with E-state index >= 15 is 0 Å². The predicted molar refractivity (Wildman–Crippen MR) is 135 cm³/mol. The molecular formula is C26H37N3O6. The molecule has 35 heavy (non-hydrogen) atoms. The first-order valence-electron chi connectivity index (χ1n) is 11.5. The highest BCUT2D eigenvalue weighted by Crippen LogP contribution is 2.21. The number of methoxy groups -OCH3 is 1. The molecule has 0 heterocycles. The summed E-state index contributed by atoms with van der Waals surface area (Å²) in [5, 5.41) is 13.0. The van der Waals surface area contributed by atoms with Crippen LogP contribution < -0.4 is 15.4 Å². The number of rotatable bonds is 12. The van der Waals surface area contributed by atoms with Crippen molar-refractivity contribution in [3.05, 3.63) is 53.3 Å². The number of alkyl carbamates (subject to hydrolysis) is 1. The molecule has 0 aliphatic heterocycles. The lowest BCUT2D eigenvalue weighted by atomic mass is 9.97. The van der Waals surface area contributed by atoms with Gasteiger partial charge in [0, 0.05) is 18.5 Å². The van der Waals surface area contributed by atoms with E-state index in [0.29, 0.717) is 29.9 Å². The van der Waals surface area contributed by atoms with Crippen molar-refractivity contribution in [2.45, 2.75) is 59.0 Å². The molecule has 0 saturated heterocycles. The number of hydrogen-bond acceptors (Lipinski definition) is 7. The second-order valence-corrected chi connectivity index (χ2v) is 8.64. The Balaban J connectivity index is 3.09. The van der Waals surface area contributed by atoms with E-state index in [2.05, 4.69) is 15.4 Å². The quantitative estimate of drug-likeness (QED) is 0.230. The highest BCUT2D eigenvalue weighted by Gasteiger charge is 2.24. The summed E-state index contributed by atoms with van der Waals surface area (Å²) < 4.78 is 15.2. The van der Waals surface area contributed by atoms with Crippen LogP contribution in [0.15, 0.2) is 47.7 Å². The predicted octanol–water partition coefficient (Wildman–Crippen LogP) is 4.24. The fourth-order valence-corrected chi connectivity index (χ4v) is 2.83. The van der Waals surface area contributed by atoms with Gasteiger partial charge >= 0.3 is 12.1 Å². The van der Waals surface area contributed by atoms with E-state index in [1.165, 1.54) is 13.3 Å². The summed E-state index contributed by atoms with van der Waals surface area (Å²) in [5.74, 6) is -1.09. The molecule has 0 saturated carbocycles. The summed E-state index contributed by atoms with van der Waals surface area (Å²) in [5.41, 5.74) is 1.49. The zero-order valence-corrected chi connectivity index (χ0v) is 21.4. The number of amides is 2. The van der Waals surface area contributed by atoms with Crippen molar-refractivity contribution in [1.82, 2.24) is 10.6 Å². The number of nitrogens with one attached hydrogen (secondary N) is 3. The summed E-state index contributed by atoms with van der Waals surface area (Å²) in [7, 11) is 1.28. The summed E-state index contributed by atoms with van der Waals surface area (Å²) in [6.07, 6.45) is 5.52. The molecule has 1 aromatic rings. The Kier molecular flexibility index (Phi) is 12.3. The molecule has 1 rings (SSSR count). The Labute approximate surface area is 207 Å². The molecule has 0 aromatic heterocycles. The Morgan fingerprint density at radius 1 is 1.06 bits per heavy atom. The van der Waals surface area contributed by atoms with Gasteiger partial charge in [-0.05, 0) is 63.0 Å². The number of carbonyl (C=O) groups excluding carboxylic acids is 3. The van der Waals surface area contributed by atoms with Crippen molar-refractivity contribution in [3.63, 3.8) is 0 Å². The standard InChI is InChI=1S/C26H37N3O6/c1-7-18(15-27)9-12-20(8-2)29-24(31)22(16-28-25(32)35-26(3,4)5)19-10-13-21(14-11-19)34-17-23(30)33-6/h9-15,22,27H,7-8,16-17H2,1-6H3,(H,28,32)(H,29,31)/b18-9+,20-12+,27-15?. The first kappa shape index (κ1) is 29.4. The van der Waals surface area contributed by atoms with Gasteiger partial charge in [-0.15, -0.1) is 0 Å². The van der Waals surface area contributed by atoms with Crippen LogP contribution in [0.2, 0.25) is 0 Å². The maximum atomic E-state index is 13.2. The molecule has 3 N–H and O–H groups in total. The lowest BCUT2D eigenvalue weighted by molar-refractivity contribution is -0.142. The van der Waals surface area contributed by atoms with Gasteiger partial charge in [-0.3, -0.25) is 4.79 Å². The van der Waals surface area contributed by atoms with Crippen molar-refractivity contribution in [1.29, 1.82) is 5.41 Å². The summed E-state index contributed by atoms with van der Waals surface area (Å²) in [6.45, 7) is 8.92. The molecule has 1 aromatic carbocycles. The van der Waals surface area contributed by atoms with Gasteiger partial charge in [-0.1, -0.05) is 32.1 Å². The van der Waals surface area contributed by atoms with E-state index in [-0.39, 0.29) is 19.1 Å². The van der Waals surface area contributed by atoms with Crippen LogP contribution in [0.1, 0.15) is 58.9 Å². The molecular weight excluding hydrogens is 450 g/mol. The molecule has 0 fully saturated rings. The van der Waals surface area contributed by atoms with E-state index in [0.717, 1.165) is 5.57 Å². The monoisotopic (exact) mass is 487 g/mol. The fourth-order valence-electron chi connectivity index (χ4n) is 2.83. The minimum atomic E-state index is -0.718. The number of esters is 1. The molecule has 0 aliphatic rings. The first-order valence-corrected chi connectivity index (χ1v) is 11.5. The average molecular weight is 488 g/mol. The third-order valence-electron chi connectivity index (χ3n) is 4.79. The van der Waals surface area contributed by atoms with E-state index < -0.39 is 23.6 Å². The number of ether oxygens (including phenoxy) is 3. The minimum absolute atomic E-state index is 0.0106. The maximum Gasteiger partial charge on any atom is 0.407 e. The number of hydrogen-bond donors (Lipinski definition) is 3. The Hall–Kier alpha value is -3.62. The van der Waals surface area contributed by atoms with Gasteiger partial charge < -0.3 is 30.3 Å². The zero-order chi connectivity index (χ0) is 26.4. The van der Waals surface area contributed by atoms with E-state index in [1.807, 2.05) is 13.8 Å². The summed E-state index contributed by atoms with van der Waals surface area (Å²) >= 11 is 0. The van der Waals surface area contributed by atoms with Crippen LogP contribution >= 0.6 is 0 Å². The molecule has 1 atom stereocenters. The fraction of sp³-hybridized carbons (Fsp3) is 0.462. The summed E-state index contributed by atoms with van der Waals surface area (Å²) in [4.78, 5) is 36.7. The molecule has 0 spiro atoms. The molecule has 0 radical (unpaired) electrons. The van der Waals surface area contributed by atoms with Gasteiger partial charge in [0.2, 0.25) is 5.91 Å². The molecule has 2 amide bonds. The normalized spacial score (nSPS) is 12.9. The average Bonchev–Trinajstić information content (AvgIpc) is 2.81. The van der Waals surface area contributed by atoms with Crippen molar-refractivity contribution >= 4 is 24.2 Å². The first-order chi connectivity index (χ1) is 16.5. The molecule has 9 heteroatoms. The molecule has 0 bridgehead atoms. The van der Waals surface area contributed by atoms with Crippen LogP contribution in [-0.2, 0) is 19.1 Å². The van der Waals surface area contributed by atoms with Crippen LogP contribution in [0, 0.1) is 5.41 Å². The number of allylic oxidation sites excluding steroid dienone is 4. The molecule has 9 nitrogen and oxygen atoms in total. The second kappa shape index (κ2) is 14.6. The van der Waals surface area contributed by atoms with Crippen LogP contribution in [0.3, 0.4) is 0 Å². The van der Waals surface area contributed by atoms with Gasteiger partial charge in [-0.25, -0.2) is 9.59 Å². The third kappa shape index (κ3) is 11.4. The minimum Gasteiger partial charge on any atom is -0.482 e. The lowest BCUT2D eigenvalue weighted by Crippen LogP contribution is -2.39. The molecule has 192 valence electrons. The largest absolute Gasteiger partial charge is 0.482 e. The molecule has 0 aliphatic carbocycles. The summed E-state index contributed by atoms with van der Waals surface area (Å²) in [6, 6.07) is 6.69. The van der Waals surface area contributed by atoms with Crippen LogP contribution in [0.4, 0.5) is 4.79 Å². The maximum absolute atomic E-state index is 13.2.